The molecule has 0 aliphatic heterocycles. The van der Waals surface area contributed by atoms with Crippen molar-refractivity contribution >= 4 is 34.0 Å². The number of anilines is 1. The van der Waals surface area contributed by atoms with Gasteiger partial charge in [0.2, 0.25) is 0 Å². The Morgan fingerprint density at radius 1 is 1.56 bits per heavy atom. The van der Waals surface area contributed by atoms with Crippen molar-refractivity contribution in [3.8, 4) is 0 Å². The van der Waals surface area contributed by atoms with Gasteiger partial charge < -0.3 is 10.4 Å². The quantitative estimate of drug-likeness (QED) is 0.476. The Kier molecular flexibility index (Phi) is 5.27. The molecule has 0 radical (unpaired) electrons. The molecule has 1 unspecified atom stereocenters. The molecule has 0 saturated carbocycles. The van der Waals surface area contributed by atoms with Crippen LogP contribution in [0.2, 0.25) is 0 Å². The summed E-state index contributed by atoms with van der Waals surface area (Å²) >= 11 is 1.70. The molecule has 0 aliphatic carbocycles. The lowest BCUT2D eigenvalue weighted by Gasteiger charge is -2.21. The molecule has 2 N–H and O–H groups in total. The molecule has 0 heterocycles. The van der Waals surface area contributed by atoms with E-state index < -0.39 is 10.7 Å². The van der Waals surface area contributed by atoms with Gasteiger partial charge in [-0.3, -0.25) is 10.1 Å². The van der Waals surface area contributed by atoms with Crippen molar-refractivity contribution in [2.24, 2.45) is 5.92 Å². The first kappa shape index (κ1) is 15.1. The second-order valence-electron chi connectivity index (χ2n) is 4.22. The number of rotatable bonds is 5. The minimum Gasteiger partial charge on any atom is -0.394 e. The molecule has 0 spiro atoms. The average Bonchev–Trinajstić information content (AvgIpc) is 2.29. The van der Waals surface area contributed by atoms with E-state index in [0.717, 1.165) is 6.07 Å². The Balaban J connectivity index is 3.14. The molecule has 1 aromatic rings. The molecular weight excluding hydrogens is 354 g/mol. The highest BCUT2D eigenvalue weighted by atomic mass is 127. The smallest absolute Gasteiger partial charge is 0.293 e. The fourth-order valence-corrected chi connectivity index (χ4v) is 1.88. The van der Waals surface area contributed by atoms with Crippen LogP contribution in [-0.4, -0.2) is 22.7 Å². The number of aliphatic hydroxyl groups excluding tert-OH is 1. The van der Waals surface area contributed by atoms with Crippen LogP contribution in [0.15, 0.2) is 12.1 Å². The van der Waals surface area contributed by atoms with E-state index in [1.54, 1.807) is 22.6 Å². The predicted molar refractivity (Wildman–Crippen MR) is 75.1 cm³/mol. The molecule has 1 aromatic carbocycles. The average molecular weight is 368 g/mol. The third-order valence-electron chi connectivity index (χ3n) is 2.58. The Labute approximate surface area is 118 Å². The molecule has 1 rings (SSSR count). The number of halogens is 2. The first-order chi connectivity index (χ1) is 8.36. The minimum atomic E-state index is -0.571. The van der Waals surface area contributed by atoms with E-state index in [-0.39, 0.29) is 33.5 Å². The molecule has 1 atom stereocenters. The molecular formula is C11H14FIN2O3. The lowest BCUT2D eigenvalue weighted by molar-refractivity contribution is -0.384. The van der Waals surface area contributed by atoms with Gasteiger partial charge in [-0.2, -0.15) is 0 Å². The zero-order valence-electron chi connectivity index (χ0n) is 9.98. The van der Waals surface area contributed by atoms with Gasteiger partial charge in [-0.25, -0.2) is 4.39 Å². The lowest BCUT2D eigenvalue weighted by atomic mass is 10.0. The minimum absolute atomic E-state index is 0.0666. The van der Waals surface area contributed by atoms with Gasteiger partial charge >= 0.3 is 0 Å². The lowest BCUT2D eigenvalue weighted by Crippen LogP contribution is -2.29. The van der Waals surface area contributed by atoms with Gasteiger partial charge in [-0.15, -0.1) is 0 Å². The molecule has 7 heteroatoms. The van der Waals surface area contributed by atoms with Crippen LogP contribution in [0.5, 0.6) is 0 Å². The fraction of sp³-hybridized carbons (Fsp3) is 0.455. The maximum atomic E-state index is 13.4. The highest BCUT2D eigenvalue weighted by Crippen LogP contribution is 2.29. The summed E-state index contributed by atoms with van der Waals surface area (Å²) in [5, 5.41) is 22.9. The number of nitrogens with zero attached hydrogens (tertiary/aromatic N) is 1. The van der Waals surface area contributed by atoms with Gasteiger partial charge in [0.25, 0.3) is 5.69 Å². The van der Waals surface area contributed by atoms with Gasteiger partial charge in [0.05, 0.1) is 21.1 Å². The van der Waals surface area contributed by atoms with Crippen LogP contribution in [0.3, 0.4) is 0 Å². The van der Waals surface area contributed by atoms with Gasteiger partial charge in [-0.1, -0.05) is 13.8 Å². The van der Waals surface area contributed by atoms with Crippen LogP contribution in [0, 0.1) is 25.4 Å². The molecule has 0 aromatic heterocycles. The molecule has 0 fully saturated rings. The van der Waals surface area contributed by atoms with E-state index in [1.165, 1.54) is 6.07 Å². The van der Waals surface area contributed by atoms with Crippen molar-refractivity contribution in [2.75, 3.05) is 11.9 Å². The normalized spacial score (nSPS) is 12.6. The van der Waals surface area contributed by atoms with Crippen molar-refractivity contribution < 1.29 is 14.4 Å². The van der Waals surface area contributed by atoms with Crippen LogP contribution < -0.4 is 5.32 Å². The van der Waals surface area contributed by atoms with Gasteiger partial charge in [0.15, 0.2) is 0 Å². The fourth-order valence-electron chi connectivity index (χ4n) is 1.43. The number of nitrogens with one attached hydrogen (secondary N) is 1. The summed E-state index contributed by atoms with van der Waals surface area (Å²) in [6.45, 7) is 3.55. The number of aliphatic hydroxyl groups is 1. The molecule has 0 bridgehead atoms. The Hall–Kier alpha value is -0.960. The number of hydrogen-bond acceptors (Lipinski definition) is 4. The third kappa shape index (κ3) is 3.52. The zero-order chi connectivity index (χ0) is 13.9. The van der Waals surface area contributed by atoms with Gasteiger partial charge in [-0.05, 0) is 28.5 Å². The van der Waals surface area contributed by atoms with E-state index >= 15 is 0 Å². The van der Waals surface area contributed by atoms with Crippen molar-refractivity contribution in [1.82, 2.24) is 0 Å². The van der Waals surface area contributed by atoms with Crippen LogP contribution in [0.25, 0.3) is 0 Å². The van der Waals surface area contributed by atoms with E-state index in [1.807, 2.05) is 13.8 Å². The monoisotopic (exact) mass is 368 g/mol. The molecule has 0 saturated heterocycles. The van der Waals surface area contributed by atoms with E-state index in [4.69, 9.17) is 0 Å². The van der Waals surface area contributed by atoms with E-state index in [9.17, 15) is 19.6 Å². The second-order valence-corrected chi connectivity index (χ2v) is 5.38. The predicted octanol–water partition coefficient (Wildman–Crippen LogP) is 2.77. The summed E-state index contributed by atoms with van der Waals surface area (Å²) in [6.07, 6.45) is 0. The zero-order valence-corrected chi connectivity index (χ0v) is 12.1. The highest BCUT2D eigenvalue weighted by molar-refractivity contribution is 14.1. The maximum Gasteiger partial charge on any atom is 0.293 e. The van der Waals surface area contributed by atoms with Crippen molar-refractivity contribution in [3.05, 3.63) is 31.6 Å². The van der Waals surface area contributed by atoms with E-state index in [0.29, 0.717) is 0 Å². The molecule has 18 heavy (non-hydrogen) atoms. The number of nitro benzene ring substituents is 1. The Morgan fingerprint density at radius 2 is 2.17 bits per heavy atom. The first-order valence-corrected chi connectivity index (χ1v) is 6.45. The van der Waals surface area contributed by atoms with E-state index in [2.05, 4.69) is 5.32 Å². The Morgan fingerprint density at radius 3 is 2.61 bits per heavy atom. The van der Waals surface area contributed by atoms with Gasteiger partial charge in [0, 0.05) is 12.1 Å². The number of nitro groups is 1. The summed E-state index contributed by atoms with van der Waals surface area (Å²) in [5.74, 6) is -0.457. The Bertz CT molecular complexity index is 454. The summed E-state index contributed by atoms with van der Waals surface area (Å²) < 4.78 is 13.6. The summed E-state index contributed by atoms with van der Waals surface area (Å²) in [5.41, 5.74) is -0.106. The SMILES string of the molecule is CC(C)C(CO)Nc1cc(F)c(I)cc1[N+](=O)[O-]. The van der Waals surface area contributed by atoms with Crippen molar-refractivity contribution in [3.63, 3.8) is 0 Å². The second kappa shape index (κ2) is 6.28. The van der Waals surface area contributed by atoms with Crippen LogP contribution in [0.1, 0.15) is 13.8 Å². The van der Waals surface area contributed by atoms with Crippen LogP contribution in [-0.2, 0) is 0 Å². The molecule has 0 aliphatic rings. The van der Waals surface area contributed by atoms with Crippen molar-refractivity contribution in [2.45, 2.75) is 19.9 Å². The number of benzene rings is 1. The topological polar surface area (TPSA) is 75.4 Å². The standard InChI is InChI=1S/C11H14FIN2O3/c1-6(2)10(5-16)14-9-3-7(12)8(13)4-11(9)15(17)18/h3-4,6,10,14,16H,5H2,1-2H3. The third-order valence-corrected chi connectivity index (χ3v) is 3.40. The largest absolute Gasteiger partial charge is 0.394 e. The van der Waals surface area contributed by atoms with Crippen molar-refractivity contribution in [1.29, 1.82) is 0 Å². The summed E-state index contributed by atoms with van der Waals surface area (Å²) in [4.78, 5) is 10.3. The molecule has 5 nitrogen and oxygen atoms in total. The molecule has 0 amide bonds. The van der Waals surface area contributed by atoms with Crippen LogP contribution in [0.4, 0.5) is 15.8 Å². The molecule has 100 valence electrons. The maximum absolute atomic E-state index is 13.4. The van der Waals surface area contributed by atoms with Gasteiger partial charge in [0.1, 0.15) is 11.5 Å². The summed E-state index contributed by atoms with van der Waals surface area (Å²) in [7, 11) is 0. The highest BCUT2D eigenvalue weighted by Gasteiger charge is 2.21. The first-order valence-electron chi connectivity index (χ1n) is 5.37. The van der Waals surface area contributed by atoms with Crippen LogP contribution >= 0.6 is 22.6 Å². The number of hydrogen-bond donors (Lipinski definition) is 2. The summed E-state index contributed by atoms with van der Waals surface area (Å²) in [6, 6.07) is 1.90.